The van der Waals surface area contributed by atoms with Gasteiger partial charge in [-0.2, -0.15) is 0 Å². The molecule has 6 nitrogen and oxygen atoms in total. The Labute approximate surface area is 185 Å². The molecule has 0 unspecified atom stereocenters. The van der Waals surface area contributed by atoms with Crippen LogP contribution in [0.15, 0.2) is 95.9 Å². The van der Waals surface area contributed by atoms with Crippen molar-refractivity contribution < 1.29 is 18.0 Å². The minimum atomic E-state index is -3.83. The maximum absolute atomic E-state index is 13.1. The van der Waals surface area contributed by atoms with Crippen LogP contribution >= 0.6 is 0 Å². The number of nitrogens with zero attached hydrogens (tertiary/aromatic N) is 1. The minimum absolute atomic E-state index is 0.161. The van der Waals surface area contributed by atoms with E-state index < -0.39 is 15.9 Å². The summed E-state index contributed by atoms with van der Waals surface area (Å²) >= 11 is 0. The molecule has 32 heavy (non-hydrogen) atoms. The first-order valence-electron chi connectivity index (χ1n) is 9.99. The molecule has 0 saturated carbocycles. The zero-order chi connectivity index (χ0) is 22.3. The summed E-state index contributed by atoms with van der Waals surface area (Å²) < 4.78 is 27.2. The molecule has 0 spiro atoms. The largest absolute Gasteiger partial charge is 0.324 e. The van der Waals surface area contributed by atoms with E-state index in [-0.39, 0.29) is 17.2 Å². The molecule has 0 aliphatic carbocycles. The predicted octanol–water partition coefficient (Wildman–Crippen LogP) is 4.22. The molecule has 1 aliphatic rings. The number of amides is 1. The van der Waals surface area contributed by atoms with Gasteiger partial charge in [0.15, 0.2) is 5.78 Å². The second-order valence-corrected chi connectivity index (χ2v) is 9.30. The van der Waals surface area contributed by atoms with Gasteiger partial charge in [0.25, 0.3) is 10.0 Å². The fraction of sp³-hybridized carbons (Fsp3) is 0.0400. The van der Waals surface area contributed by atoms with Gasteiger partial charge in [-0.15, -0.1) is 0 Å². The van der Waals surface area contributed by atoms with Crippen molar-refractivity contribution in [2.24, 2.45) is 0 Å². The van der Waals surface area contributed by atoms with Crippen LogP contribution < -0.4 is 9.62 Å². The fourth-order valence-corrected chi connectivity index (χ4v) is 5.62. The average molecular weight is 442 g/mol. The summed E-state index contributed by atoms with van der Waals surface area (Å²) in [6.45, 7) is -0.368. The Morgan fingerprint density at radius 1 is 0.781 bits per heavy atom. The van der Waals surface area contributed by atoms with Gasteiger partial charge in [-0.25, -0.2) is 8.42 Å². The van der Waals surface area contributed by atoms with Gasteiger partial charge in [0.05, 0.1) is 10.6 Å². The average Bonchev–Trinajstić information content (AvgIpc) is 3.02. The number of benzene rings is 4. The van der Waals surface area contributed by atoms with E-state index in [4.69, 9.17) is 0 Å². The molecule has 0 radical (unpaired) electrons. The van der Waals surface area contributed by atoms with Crippen LogP contribution in [0.4, 0.5) is 11.4 Å². The maximum atomic E-state index is 13.1. The van der Waals surface area contributed by atoms with Crippen molar-refractivity contribution in [3.63, 3.8) is 0 Å². The first kappa shape index (κ1) is 20.0. The van der Waals surface area contributed by atoms with Crippen LogP contribution in [-0.4, -0.2) is 26.7 Å². The smallest absolute Gasteiger partial charge is 0.265 e. The Morgan fingerprint density at radius 3 is 2.25 bits per heavy atom. The Balaban J connectivity index is 1.38. The van der Waals surface area contributed by atoms with Gasteiger partial charge in [-0.05, 0) is 29.7 Å². The summed E-state index contributed by atoms with van der Waals surface area (Å²) in [6.07, 6.45) is 0. The summed E-state index contributed by atoms with van der Waals surface area (Å²) in [7, 11) is -3.83. The van der Waals surface area contributed by atoms with Gasteiger partial charge in [-0.3, -0.25) is 13.9 Å². The summed E-state index contributed by atoms with van der Waals surface area (Å²) in [6, 6.07) is 25.9. The molecular formula is C25H18N2O4S. The topological polar surface area (TPSA) is 83.6 Å². The first-order valence-corrected chi connectivity index (χ1v) is 11.4. The third-order valence-electron chi connectivity index (χ3n) is 5.41. The van der Waals surface area contributed by atoms with Crippen molar-refractivity contribution in [1.82, 2.24) is 0 Å². The molecule has 1 amide bonds. The van der Waals surface area contributed by atoms with Gasteiger partial charge in [-0.1, -0.05) is 66.7 Å². The molecule has 4 aromatic rings. The summed E-state index contributed by atoms with van der Waals surface area (Å²) in [5.41, 5.74) is 1.88. The van der Waals surface area contributed by atoms with Gasteiger partial charge >= 0.3 is 0 Å². The SMILES string of the molecule is O=C(CN1c2cccc3cccc(c23)S1(=O)=O)Nc1cccc(C(=O)c2ccccc2)c1. The lowest BCUT2D eigenvalue weighted by Gasteiger charge is -2.18. The third kappa shape index (κ3) is 3.33. The van der Waals surface area contributed by atoms with Crippen molar-refractivity contribution in [2.75, 3.05) is 16.2 Å². The lowest BCUT2D eigenvalue weighted by molar-refractivity contribution is -0.114. The van der Waals surface area contributed by atoms with E-state index in [0.717, 1.165) is 9.69 Å². The highest BCUT2D eigenvalue weighted by atomic mass is 32.2. The quantitative estimate of drug-likeness (QED) is 0.469. The van der Waals surface area contributed by atoms with E-state index in [2.05, 4.69) is 5.32 Å². The number of sulfonamides is 1. The number of hydrogen-bond donors (Lipinski definition) is 1. The van der Waals surface area contributed by atoms with Crippen LogP contribution in [0.5, 0.6) is 0 Å². The Morgan fingerprint density at radius 2 is 1.47 bits per heavy atom. The van der Waals surface area contributed by atoms with Crippen LogP contribution in [-0.2, 0) is 14.8 Å². The monoisotopic (exact) mass is 442 g/mol. The molecule has 1 N–H and O–H groups in total. The second-order valence-electron chi connectivity index (χ2n) is 7.47. The highest BCUT2D eigenvalue weighted by Crippen LogP contribution is 2.41. The van der Waals surface area contributed by atoms with Crippen LogP contribution in [0, 0.1) is 0 Å². The summed E-state index contributed by atoms with van der Waals surface area (Å²) in [4.78, 5) is 25.7. The molecule has 1 heterocycles. The zero-order valence-corrected chi connectivity index (χ0v) is 17.7. The molecule has 7 heteroatoms. The lowest BCUT2D eigenvalue weighted by atomic mass is 10.0. The van der Waals surface area contributed by atoms with Crippen molar-refractivity contribution >= 4 is 43.9 Å². The molecule has 5 rings (SSSR count). The molecule has 0 fully saturated rings. The van der Waals surface area contributed by atoms with E-state index in [1.54, 1.807) is 72.8 Å². The third-order valence-corrected chi connectivity index (χ3v) is 7.22. The van der Waals surface area contributed by atoms with E-state index in [1.807, 2.05) is 18.2 Å². The van der Waals surface area contributed by atoms with E-state index >= 15 is 0 Å². The number of carbonyl (C=O) groups is 2. The van der Waals surface area contributed by atoms with Crippen molar-refractivity contribution in [3.8, 4) is 0 Å². The standard InChI is InChI=1S/C25H18N2O4S/c28-23(26-20-12-4-11-19(15-20)25(29)18-7-2-1-3-8-18)16-27-21-13-5-9-17-10-6-14-22(24(17)21)32(27,30)31/h1-15H,16H2,(H,26,28). The Kier molecular flexibility index (Phi) is 4.75. The Hall–Kier alpha value is -3.97. The second kappa shape index (κ2) is 7.62. The van der Waals surface area contributed by atoms with Crippen LogP contribution in [0.25, 0.3) is 10.8 Å². The van der Waals surface area contributed by atoms with E-state index in [1.165, 1.54) is 0 Å². The Bertz CT molecular complexity index is 1480. The number of nitrogens with one attached hydrogen (secondary N) is 1. The van der Waals surface area contributed by atoms with Crippen molar-refractivity contribution in [1.29, 1.82) is 0 Å². The van der Waals surface area contributed by atoms with Crippen molar-refractivity contribution in [3.05, 3.63) is 102 Å². The molecule has 0 atom stereocenters. The summed E-state index contributed by atoms with van der Waals surface area (Å²) in [5.74, 6) is -0.659. The minimum Gasteiger partial charge on any atom is -0.324 e. The lowest BCUT2D eigenvalue weighted by Crippen LogP contribution is -2.35. The molecular weight excluding hydrogens is 424 g/mol. The van der Waals surface area contributed by atoms with Gasteiger partial charge in [0, 0.05) is 22.2 Å². The molecule has 0 aromatic heterocycles. The van der Waals surface area contributed by atoms with Crippen molar-refractivity contribution in [2.45, 2.75) is 4.90 Å². The molecule has 158 valence electrons. The van der Waals surface area contributed by atoms with Gasteiger partial charge < -0.3 is 5.32 Å². The molecule has 0 saturated heterocycles. The highest BCUT2D eigenvalue weighted by molar-refractivity contribution is 7.93. The number of carbonyl (C=O) groups excluding carboxylic acids is 2. The molecule has 4 aromatic carbocycles. The fourth-order valence-electron chi connectivity index (χ4n) is 3.95. The normalized spacial score (nSPS) is 13.8. The van der Waals surface area contributed by atoms with E-state index in [0.29, 0.717) is 27.9 Å². The van der Waals surface area contributed by atoms with E-state index in [9.17, 15) is 18.0 Å². The highest BCUT2D eigenvalue weighted by Gasteiger charge is 2.36. The zero-order valence-electron chi connectivity index (χ0n) is 16.9. The van der Waals surface area contributed by atoms with Gasteiger partial charge in [0.1, 0.15) is 6.54 Å². The van der Waals surface area contributed by atoms with Crippen LogP contribution in [0.1, 0.15) is 15.9 Å². The van der Waals surface area contributed by atoms with Gasteiger partial charge in [0.2, 0.25) is 5.91 Å². The first-order chi connectivity index (χ1) is 15.4. The number of rotatable bonds is 5. The van der Waals surface area contributed by atoms with Crippen LogP contribution in [0.3, 0.4) is 0 Å². The number of ketones is 1. The molecule has 1 aliphatic heterocycles. The van der Waals surface area contributed by atoms with Crippen LogP contribution in [0.2, 0.25) is 0 Å². The summed E-state index contributed by atoms with van der Waals surface area (Å²) in [5, 5.41) is 4.14. The number of anilines is 2. The molecule has 0 bridgehead atoms. The number of hydrogen-bond acceptors (Lipinski definition) is 4. The predicted molar refractivity (Wildman–Crippen MR) is 123 cm³/mol. The maximum Gasteiger partial charge on any atom is 0.265 e.